The van der Waals surface area contributed by atoms with Crippen molar-refractivity contribution in [1.29, 1.82) is 0 Å². The molecule has 0 atom stereocenters. The van der Waals surface area contributed by atoms with Crippen LogP contribution in [0, 0.1) is 10.8 Å². The number of hydrogen-bond acceptors (Lipinski definition) is 2. The van der Waals surface area contributed by atoms with Crippen LogP contribution in [-0.2, 0) is 5.41 Å². The Labute approximate surface area is 277 Å². The van der Waals surface area contributed by atoms with Gasteiger partial charge in [0.2, 0.25) is 0 Å². The van der Waals surface area contributed by atoms with E-state index in [1.54, 1.807) is 0 Å². The minimum absolute atomic E-state index is 0.122. The van der Waals surface area contributed by atoms with Crippen LogP contribution in [0.4, 0.5) is 0 Å². The number of hydrogen-bond donors (Lipinski definition) is 0. The van der Waals surface area contributed by atoms with Crippen molar-refractivity contribution in [3.05, 3.63) is 157 Å². The van der Waals surface area contributed by atoms with E-state index in [0.717, 1.165) is 17.0 Å². The molecule has 3 heteroatoms. The first-order chi connectivity index (χ1) is 22.1. The third kappa shape index (κ3) is 4.45. The maximum absolute atomic E-state index is 5.09. The number of pyridine rings is 2. The number of fused-ring (bicyclic) bond motifs is 3. The van der Waals surface area contributed by atoms with Gasteiger partial charge in [-0.05, 0) is 0 Å². The van der Waals surface area contributed by atoms with Crippen molar-refractivity contribution >= 4 is 30.8 Å². The van der Waals surface area contributed by atoms with Gasteiger partial charge in [-0.3, -0.25) is 0 Å². The molecule has 1 aliphatic rings. The molecule has 0 unspecified atom stereocenters. The molecule has 3 heterocycles. The van der Waals surface area contributed by atoms with Gasteiger partial charge in [-0.25, -0.2) is 0 Å². The van der Waals surface area contributed by atoms with Crippen LogP contribution in [-0.4, -0.2) is 23.2 Å². The molecule has 6 aromatic rings. The van der Waals surface area contributed by atoms with Crippen molar-refractivity contribution in [2.45, 2.75) is 47.0 Å². The van der Waals surface area contributed by atoms with Gasteiger partial charge in [0, 0.05) is 0 Å². The molecule has 2 aromatic heterocycles. The molecule has 1 aliphatic heterocycles. The van der Waals surface area contributed by atoms with E-state index in [9.17, 15) is 0 Å². The van der Waals surface area contributed by atoms with Crippen LogP contribution < -0.4 is 17.6 Å². The first-order valence-corrected chi connectivity index (χ1v) is 20.5. The second-order valence-electron chi connectivity index (χ2n) is 14.7. The zero-order valence-electron chi connectivity index (χ0n) is 27.8. The average Bonchev–Trinajstić information content (AvgIpc) is 3.36. The fourth-order valence-electron chi connectivity index (χ4n) is 8.95. The van der Waals surface area contributed by atoms with E-state index in [1.807, 2.05) is 24.5 Å². The van der Waals surface area contributed by atoms with Gasteiger partial charge in [0.25, 0.3) is 0 Å². The molecule has 4 aromatic carbocycles. The van der Waals surface area contributed by atoms with E-state index in [4.69, 9.17) is 9.97 Å². The van der Waals surface area contributed by atoms with Crippen molar-refractivity contribution in [1.82, 2.24) is 9.97 Å². The zero-order chi connectivity index (χ0) is 32.2. The first kappa shape index (κ1) is 30.4. The molecule has 7 rings (SSSR count). The van der Waals surface area contributed by atoms with Gasteiger partial charge < -0.3 is 0 Å². The summed E-state index contributed by atoms with van der Waals surface area (Å²) in [5, 5.41) is 0. The van der Waals surface area contributed by atoms with Crippen molar-refractivity contribution in [2.75, 3.05) is 0 Å². The summed E-state index contributed by atoms with van der Waals surface area (Å²) in [6.45, 7) is 14.3. The van der Waals surface area contributed by atoms with Gasteiger partial charge in [-0.1, -0.05) is 0 Å². The Bertz CT molecular complexity index is 1960. The van der Waals surface area contributed by atoms with Gasteiger partial charge in [0.05, 0.1) is 0 Å². The number of aromatic nitrogens is 2. The quantitative estimate of drug-likeness (QED) is 0.176. The fourth-order valence-corrected chi connectivity index (χ4v) is 19.9. The second kappa shape index (κ2) is 11.2. The Kier molecular flexibility index (Phi) is 7.40. The molecule has 228 valence electrons. The zero-order valence-corrected chi connectivity index (χ0v) is 29.8. The van der Waals surface area contributed by atoms with Crippen molar-refractivity contribution in [3.63, 3.8) is 0 Å². The SMILES string of the molecule is CC(C)(C)C(c1ccc[c]([Ge]2([c]3cccc(-c4ccccn4)c3)[c]3ccccc3-c3cccc[c]32)c1)(c1ccccn1)C(C)(C)C. The predicted octanol–water partition coefficient (Wildman–Crippen LogP) is 7.88. The van der Waals surface area contributed by atoms with E-state index in [0.29, 0.717) is 0 Å². The first-order valence-electron chi connectivity index (χ1n) is 16.3. The third-order valence-corrected chi connectivity index (χ3v) is 20.4. The second-order valence-corrected chi connectivity index (χ2v) is 22.5. The molecular formula is C43H42GeN2. The molecule has 0 saturated heterocycles. The van der Waals surface area contributed by atoms with Crippen LogP contribution in [0.3, 0.4) is 0 Å². The Morgan fingerprint density at radius 1 is 0.478 bits per heavy atom. The summed E-state index contributed by atoms with van der Waals surface area (Å²) in [6.07, 6.45) is 3.84. The summed E-state index contributed by atoms with van der Waals surface area (Å²) in [7, 11) is 0. The molecular weight excluding hydrogens is 617 g/mol. The van der Waals surface area contributed by atoms with Crippen LogP contribution in [0.2, 0.25) is 0 Å². The summed E-state index contributed by atoms with van der Waals surface area (Å²) >= 11 is -3.55. The molecule has 0 fully saturated rings. The normalized spacial score (nSPS) is 14.0. The Balaban J connectivity index is 1.59. The van der Waals surface area contributed by atoms with Gasteiger partial charge in [0.1, 0.15) is 0 Å². The fraction of sp³-hybridized carbons (Fsp3) is 0.209. The van der Waals surface area contributed by atoms with E-state index in [-0.39, 0.29) is 16.2 Å². The van der Waals surface area contributed by atoms with Crippen LogP contribution in [0.1, 0.15) is 52.8 Å². The van der Waals surface area contributed by atoms with Crippen LogP contribution in [0.15, 0.2) is 146 Å². The molecule has 0 bridgehead atoms. The molecule has 0 aliphatic carbocycles. The molecule has 2 nitrogen and oxygen atoms in total. The Morgan fingerprint density at radius 3 is 1.59 bits per heavy atom. The molecule has 0 radical (unpaired) electrons. The molecule has 46 heavy (non-hydrogen) atoms. The Morgan fingerprint density at radius 2 is 1.02 bits per heavy atom. The monoisotopic (exact) mass is 660 g/mol. The van der Waals surface area contributed by atoms with E-state index in [2.05, 4.69) is 163 Å². The van der Waals surface area contributed by atoms with Crippen molar-refractivity contribution < 1.29 is 0 Å². The maximum atomic E-state index is 5.09. The average molecular weight is 659 g/mol. The van der Waals surface area contributed by atoms with E-state index >= 15 is 0 Å². The molecule has 0 saturated carbocycles. The molecule has 0 amide bonds. The minimum atomic E-state index is -3.55. The van der Waals surface area contributed by atoms with Gasteiger partial charge >= 0.3 is 278 Å². The van der Waals surface area contributed by atoms with Crippen LogP contribution in [0.5, 0.6) is 0 Å². The van der Waals surface area contributed by atoms with Crippen LogP contribution >= 0.6 is 0 Å². The predicted molar refractivity (Wildman–Crippen MR) is 196 cm³/mol. The number of rotatable bonds is 5. The van der Waals surface area contributed by atoms with Gasteiger partial charge in [-0.2, -0.15) is 0 Å². The Hall–Kier alpha value is -4.28. The summed E-state index contributed by atoms with van der Waals surface area (Å²) in [4.78, 5) is 9.84. The number of benzene rings is 4. The van der Waals surface area contributed by atoms with E-state index in [1.165, 1.54) is 34.3 Å². The summed E-state index contributed by atoms with van der Waals surface area (Å²) in [5.41, 5.74) is 6.76. The van der Waals surface area contributed by atoms with Crippen LogP contribution in [0.25, 0.3) is 22.4 Å². The molecule has 0 spiro atoms. The van der Waals surface area contributed by atoms with E-state index < -0.39 is 13.3 Å². The standard InChI is InChI=1S/C43H42GeN2/c1-41(2,3)43(42(4,5)6,40-26-12-14-28-46-40)32-18-16-20-34(30-32)44(33-19-15-17-31(29-33)39-25-11-13-27-45-39)37-23-9-7-21-35(37)36-22-8-10-24-38(36)44/h7-30H,1-6H3. The van der Waals surface area contributed by atoms with Crippen molar-refractivity contribution in [2.24, 2.45) is 10.8 Å². The summed E-state index contributed by atoms with van der Waals surface area (Å²) in [5.74, 6) is 0. The summed E-state index contributed by atoms with van der Waals surface area (Å²) < 4.78 is 5.86. The third-order valence-electron chi connectivity index (χ3n) is 10.2. The molecule has 0 N–H and O–H groups in total. The topological polar surface area (TPSA) is 25.8 Å². The summed E-state index contributed by atoms with van der Waals surface area (Å²) in [6, 6.07) is 49.9. The van der Waals surface area contributed by atoms with Crippen molar-refractivity contribution in [3.8, 4) is 22.4 Å². The number of nitrogens with zero attached hydrogens (tertiary/aromatic N) is 2. The van der Waals surface area contributed by atoms with Gasteiger partial charge in [0.15, 0.2) is 0 Å². The van der Waals surface area contributed by atoms with Gasteiger partial charge in [-0.15, -0.1) is 0 Å².